The van der Waals surface area contributed by atoms with Gasteiger partial charge in [-0.05, 0) is 59.4 Å². The van der Waals surface area contributed by atoms with Crippen LogP contribution in [0.25, 0.3) is 0 Å². The minimum atomic E-state index is 0.0172. The molecular weight excluding hydrogens is 330 g/mol. The van der Waals surface area contributed by atoms with Gasteiger partial charge in [-0.3, -0.25) is 4.79 Å². The average Bonchev–Trinajstić information content (AvgIpc) is 3.16. The summed E-state index contributed by atoms with van der Waals surface area (Å²) in [6, 6.07) is 0. The molecule has 3 rings (SSSR count). The van der Waals surface area contributed by atoms with E-state index in [4.69, 9.17) is 0 Å². The van der Waals surface area contributed by atoms with Crippen molar-refractivity contribution >= 4 is 21.6 Å². The molecule has 1 N–H and O–H groups in total. The highest BCUT2D eigenvalue weighted by Crippen LogP contribution is 2.49. The van der Waals surface area contributed by atoms with E-state index in [0.29, 0.717) is 17.0 Å². The smallest absolute Gasteiger partial charge is 0.291 e. The second-order valence-electron chi connectivity index (χ2n) is 6.76. The minimum absolute atomic E-state index is 0.0172. The van der Waals surface area contributed by atoms with E-state index in [9.17, 15) is 4.79 Å². The van der Waals surface area contributed by atoms with Crippen LogP contribution in [0.1, 0.15) is 51.9 Å². The van der Waals surface area contributed by atoms with Gasteiger partial charge in [-0.15, -0.1) is 0 Å². The Hall–Kier alpha value is -0.840. The number of nitrogens with zero attached hydrogens (tertiary/aromatic N) is 2. The van der Waals surface area contributed by atoms with Gasteiger partial charge in [0, 0.05) is 13.1 Å². The second kappa shape index (κ2) is 6.11. The van der Waals surface area contributed by atoms with Gasteiger partial charge in [0.05, 0.1) is 10.7 Å². The Kier molecular flexibility index (Phi) is 4.38. The second-order valence-corrected chi connectivity index (χ2v) is 7.61. The first-order chi connectivity index (χ1) is 10.1. The topological polar surface area (TPSA) is 46.9 Å². The van der Waals surface area contributed by atoms with Crippen LogP contribution in [0.4, 0.5) is 5.69 Å². The molecule has 2 saturated carbocycles. The average molecular weight is 354 g/mol. The molecular formula is C16H24BrN3O. The van der Waals surface area contributed by atoms with Gasteiger partial charge >= 0.3 is 0 Å². The molecule has 4 nitrogen and oxygen atoms in total. The molecule has 1 heterocycles. The number of hydrogen-bond acceptors (Lipinski definition) is 3. The molecule has 2 aliphatic rings. The molecule has 0 bridgehead atoms. The highest BCUT2D eigenvalue weighted by molar-refractivity contribution is 9.10. The number of aromatic nitrogens is 2. The highest BCUT2D eigenvalue weighted by atomic mass is 79.9. The lowest BCUT2D eigenvalue weighted by atomic mass is 9.85. The van der Waals surface area contributed by atoms with E-state index < -0.39 is 0 Å². The Balaban J connectivity index is 1.71. The van der Waals surface area contributed by atoms with E-state index in [-0.39, 0.29) is 5.56 Å². The summed E-state index contributed by atoms with van der Waals surface area (Å²) >= 11 is 3.47. The Morgan fingerprint density at radius 1 is 1.48 bits per heavy atom. The standard InChI is InChI=1S/C16H24BrN3O/c1-2-6-16(7-8-16)11-18-14-13(17)9-19-20(15(14)21)10-12-4-3-5-12/h9,12,18H,2-8,10-11H2,1H3. The third-order valence-electron chi connectivity index (χ3n) is 5.03. The van der Waals surface area contributed by atoms with Gasteiger partial charge in [0.1, 0.15) is 5.69 Å². The van der Waals surface area contributed by atoms with Gasteiger partial charge in [0.25, 0.3) is 5.56 Å². The summed E-state index contributed by atoms with van der Waals surface area (Å²) in [6.07, 6.45) is 10.5. The molecule has 116 valence electrons. The van der Waals surface area contributed by atoms with Crippen molar-refractivity contribution < 1.29 is 0 Å². The summed E-state index contributed by atoms with van der Waals surface area (Å²) in [5.41, 5.74) is 1.14. The molecule has 0 spiro atoms. The SMILES string of the molecule is CCCC1(CNc2c(Br)cnn(CC3CCC3)c2=O)CC1. The van der Waals surface area contributed by atoms with Crippen LogP contribution in [0.3, 0.4) is 0 Å². The van der Waals surface area contributed by atoms with E-state index in [1.54, 1.807) is 10.9 Å². The van der Waals surface area contributed by atoms with Crippen LogP contribution in [-0.2, 0) is 6.54 Å². The predicted molar refractivity (Wildman–Crippen MR) is 88.6 cm³/mol. The van der Waals surface area contributed by atoms with E-state index in [1.165, 1.54) is 44.9 Å². The zero-order chi connectivity index (χ0) is 14.9. The molecule has 5 heteroatoms. The zero-order valence-corrected chi connectivity index (χ0v) is 14.3. The van der Waals surface area contributed by atoms with E-state index in [0.717, 1.165) is 17.6 Å². The van der Waals surface area contributed by atoms with Gasteiger partial charge in [0.15, 0.2) is 0 Å². The molecule has 0 amide bonds. The molecule has 21 heavy (non-hydrogen) atoms. The largest absolute Gasteiger partial charge is 0.379 e. The first-order valence-corrected chi connectivity index (χ1v) is 8.92. The molecule has 2 fully saturated rings. The van der Waals surface area contributed by atoms with Crippen molar-refractivity contribution in [3.8, 4) is 0 Å². The summed E-state index contributed by atoms with van der Waals surface area (Å²) in [4.78, 5) is 12.6. The molecule has 1 aromatic rings. The Bertz CT molecular complexity index is 561. The molecule has 0 radical (unpaired) electrons. The van der Waals surface area contributed by atoms with Crippen molar-refractivity contribution in [1.82, 2.24) is 9.78 Å². The van der Waals surface area contributed by atoms with Crippen LogP contribution in [-0.4, -0.2) is 16.3 Å². The van der Waals surface area contributed by atoms with Crippen LogP contribution in [0.2, 0.25) is 0 Å². The van der Waals surface area contributed by atoms with Crippen molar-refractivity contribution in [3.05, 3.63) is 21.0 Å². The van der Waals surface area contributed by atoms with E-state index in [2.05, 4.69) is 33.3 Å². The molecule has 1 aromatic heterocycles. The lowest BCUT2D eigenvalue weighted by molar-refractivity contribution is 0.262. The minimum Gasteiger partial charge on any atom is -0.379 e. The van der Waals surface area contributed by atoms with Gasteiger partial charge in [0.2, 0.25) is 0 Å². The lowest BCUT2D eigenvalue weighted by Crippen LogP contribution is -2.31. The summed E-state index contributed by atoms with van der Waals surface area (Å²) < 4.78 is 2.42. The van der Waals surface area contributed by atoms with Crippen LogP contribution >= 0.6 is 15.9 Å². The van der Waals surface area contributed by atoms with Crippen LogP contribution in [0.15, 0.2) is 15.5 Å². The summed E-state index contributed by atoms with van der Waals surface area (Å²) in [5, 5.41) is 7.67. The number of halogens is 1. The predicted octanol–water partition coefficient (Wildman–Crippen LogP) is 3.80. The fourth-order valence-corrected chi connectivity index (χ4v) is 3.58. The Labute approximate surface area is 134 Å². The first-order valence-electron chi connectivity index (χ1n) is 8.13. The summed E-state index contributed by atoms with van der Waals surface area (Å²) in [7, 11) is 0. The van der Waals surface area contributed by atoms with Gasteiger partial charge in [-0.25, -0.2) is 4.68 Å². The van der Waals surface area contributed by atoms with Crippen molar-refractivity contribution in [2.45, 2.75) is 58.4 Å². The lowest BCUT2D eigenvalue weighted by Gasteiger charge is -2.25. The van der Waals surface area contributed by atoms with Crippen molar-refractivity contribution in [1.29, 1.82) is 0 Å². The molecule has 2 aliphatic carbocycles. The Morgan fingerprint density at radius 3 is 2.81 bits per heavy atom. The number of anilines is 1. The fourth-order valence-electron chi connectivity index (χ4n) is 3.18. The van der Waals surface area contributed by atoms with Gasteiger partial charge < -0.3 is 5.32 Å². The van der Waals surface area contributed by atoms with Crippen LogP contribution < -0.4 is 10.9 Å². The maximum atomic E-state index is 12.6. The maximum Gasteiger partial charge on any atom is 0.291 e. The summed E-state index contributed by atoms with van der Waals surface area (Å²) in [6.45, 7) is 3.90. The zero-order valence-electron chi connectivity index (χ0n) is 12.7. The quantitative estimate of drug-likeness (QED) is 0.810. The highest BCUT2D eigenvalue weighted by Gasteiger charge is 2.41. The number of nitrogens with one attached hydrogen (secondary N) is 1. The number of hydrogen-bond donors (Lipinski definition) is 1. The van der Waals surface area contributed by atoms with Crippen molar-refractivity contribution in [2.75, 3.05) is 11.9 Å². The van der Waals surface area contributed by atoms with Crippen LogP contribution in [0, 0.1) is 11.3 Å². The van der Waals surface area contributed by atoms with Crippen LogP contribution in [0.5, 0.6) is 0 Å². The van der Waals surface area contributed by atoms with Gasteiger partial charge in [-0.2, -0.15) is 5.10 Å². The van der Waals surface area contributed by atoms with Crippen molar-refractivity contribution in [3.63, 3.8) is 0 Å². The van der Waals surface area contributed by atoms with Crippen molar-refractivity contribution in [2.24, 2.45) is 11.3 Å². The van der Waals surface area contributed by atoms with E-state index >= 15 is 0 Å². The third kappa shape index (κ3) is 3.33. The Morgan fingerprint density at radius 2 is 2.24 bits per heavy atom. The molecule has 0 saturated heterocycles. The summed E-state index contributed by atoms with van der Waals surface area (Å²) in [5.74, 6) is 0.638. The third-order valence-corrected chi connectivity index (χ3v) is 5.63. The molecule has 0 aromatic carbocycles. The van der Waals surface area contributed by atoms with Gasteiger partial charge in [-0.1, -0.05) is 19.8 Å². The number of rotatable bonds is 7. The maximum absolute atomic E-state index is 12.6. The molecule has 0 aliphatic heterocycles. The van der Waals surface area contributed by atoms with E-state index in [1.807, 2.05) is 0 Å². The fraction of sp³-hybridized carbons (Fsp3) is 0.750. The molecule has 0 unspecified atom stereocenters. The monoisotopic (exact) mass is 353 g/mol. The molecule has 0 atom stereocenters. The first kappa shape index (κ1) is 15.1. The normalized spacial score (nSPS) is 20.1.